The number of hydrogen-bond donors (Lipinski definition) is 2. The first-order chi connectivity index (χ1) is 9.06. The van der Waals surface area contributed by atoms with E-state index in [1.165, 1.54) is 31.0 Å². The minimum absolute atomic E-state index is 0.0313. The highest BCUT2D eigenvalue weighted by molar-refractivity contribution is 5.95. The third kappa shape index (κ3) is 3.69. The van der Waals surface area contributed by atoms with Crippen molar-refractivity contribution < 1.29 is 9.18 Å². The van der Waals surface area contributed by atoms with Crippen molar-refractivity contribution in [1.82, 2.24) is 5.32 Å². The van der Waals surface area contributed by atoms with Crippen LogP contribution in [0.1, 0.15) is 43.0 Å². The molecule has 0 bridgehead atoms. The lowest BCUT2D eigenvalue weighted by Gasteiger charge is -2.26. The molecule has 0 spiro atoms. The third-order valence-corrected chi connectivity index (χ3v) is 3.83. The molecule has 1 aromatic rings. The third-order valence-electron chi connectivity index (χ3n) is 3.83. The average Bonchev–Trinajstić information content (AvgIpc) is 2.39. The van der Waals surface area contributed by atoms with Crippen molar-refractivity contribution in [2.24, 2.45) is 11.8 Å². The van der Waals surface area contributed by atoms with Gasteiger partial charge in [0.25, 0.3) is 5.91 Å². The fourth-order valence-electron chi connectivity index (χ4n) is 2.79. The summed E-state index contributed by atoms with van der Waals surface area (Å²) < 4.78 is 13.5. The van der Waals surface area contributed by atoms with Crippen LogP contribution in [0.15, 0.2) is 18.2 Å². The summed E-state index contributed by atoms with van der Waals surface area (Å²) in [5, 5.41) is 2.82. The zero-order valence-corrected chi connectivity index (χ0v) is 11.3. The fourth-order valence-corrected chi connectivity index (χ4v) is 2.79. The number of carbonyl (C=O) groups excluding carboxylic acids is 1. The molecule has 104 valence electrons. The van der Waals surface area contributed by atoms with Crippen molar-refractivity contribution in [2.75, 3.05) is 12.3 Å². The summed E-state index contributed by atoms with van der Waals surface area (Å²) in [6.07, 6.45) is 4.77. The van der Waals surface area contributed by atoms with Crippen LogP contribution < -0.4 is 11.1 Å². The summed E-state index contributed by atoms with van der Waals surface area (Å²) in [4.78, 5) is 11.9. The van der Waals surface area contributed by atoms with E-state index in [9.17, 15) is 9.18 Å². The Morgan fingerprint density at radius 2 is 2.26 bits per heavy atom. The minimum atomic E-state index is -0.524. The Morgan fingerprint density at radius 1 is 1.47 bits per heavy atom. The number of nitrogens with one attached hydrogen (secondary N) is 1. The standard InChI is InChI=1S/C15H21FN2O/c1-10-3-2-4-11(7-10)9-18-15(19)13-8-12(17)5-6-14(13)16/h5-6,8,10-11H,2-4,7,9,17H2,1H3,(H,18,19). The summed E-state index contributed by atoms with van der Waals surface area (Å²) in [6, 6.07) is 4.07. The number of benzene rings is 1. The lowest BCUT2D eigenvalue weighted by atomic mass is 9.82. The molecule has 1 fully saturated rings. The second-order valence-corrected chi connectivity index (χ2v) is 5.59. The predicted octanol–water partition coefficient (Wildman–Crippen LogP) is 2.96. The first-order valence-electron chi connectivity index (χ1n) is 6.89. The van der Waals surface area contributed by atoms with Gasteiger partial charge in [0.05, 0.1) is 5.56 Å². The van der Waals surface area contributed by atoms with Crippen molar-refractivity contribution in [2.45, 2.75) is 32.6 Å². The normalized spacial score (nSPS) is 23.1. The molecule has 4 heteroatoms. The second-order valence-electron chi connectivity index (χ2n) is 5.59. The molecule has 0 heterocycles. The van der Waals surface area contributed by atoms with Crippen LogP contribution in [-0.4, -0.2) is 12.5 Å². The number of nitrogen functional groups attached to an aromatic ring is 1. The SMILES string of the molecule is CC1CCCC(CNC(=O)c2cc(N)ccc2F)C1. The average molecular weight is 264 g/mol. The monoisotopic (exact) mass is 264 g/mol. The van der Waals surface area contributed by atoms with Gasteiger partial charge >= 0.3 is 0 Å². The molecule has 19 heavy (non-hydrogen) atoms. The van der Waals surface area contributed by atoms with E-state index in [2.05, 4.69) is 12.2 Å². The van der Waals surface area contributed by atoms with E-state index in [1.54, 1.807) is 0 Å². The molecular weight excluding hydrogens is 243 g/mol. The Kier molecular flexibility index (Phi) is 4.40. The minimum Gasteiger partial charge on any atom is -0.399 e. The summed E-state index contributed by atoms with van der Waals surface area (Å²) in [6.45, 7) is 2.86. The number of rotatable bonds is 3. The van der Waals surface area contributed by atoms with Gasteiger partial charge in [0.2, 0.25) is 0 Å². The molecule has 1 aliphatic carbocycles. The Hall–Kier alpha value is -1.58. The van der Waals surface area contributed by atoms with Gasteiger partial charge in [0.15, 0.2) is 0 Å². The lowest BCUT2D eigenvalue weighted by Crippen LogP contribution is -2.32. The van der Waals surface area contributed by atoms with E-state index in [4.69, 9.17) is 5.73 Å². The van der Waals surface area contributed by atoms with E-state index in [-0.39, 0.29) is 11.5 Å². The smallest absolute Gasteiger partial charge is 0.254 e. The molecular formula is C15H21FN2O. The van der Waals surface area contributed by atoms with Crippen LogP contribution in [0, 0.1) is 17.7 Å². The Labute approximate surface area is 113 Å². The summed E-state index contributed by atoms with van der Waals surface area (Å²) in [5.41, 5.74) is 6.01. The first-order valence-corrected chi connectivity index (χ1v) is 6.89. The molecule has 0 aromatic heterocycles. The molecule has 3 nitrogen and oxygen atoms in total. The van der Waals surface area contributed by atoms with Gasteiger partial charge < -0.3 is 11.1 Å². The second kappa shape index (κ2) is 6.04. The molecule has 0 saturated heterocycles. The highest BCUT2D eigenvalue weighted by atomic mass is 19.1. The van der Waals surface area contributed by atoms with E-state index < -0.39 is 5.82 Å². The largest absolute Gasteiger partial charge is 0.399 e. The van der Waals surface area contributed by atoms with E-state index in [0.717, 1.165) is 18.8 Å². The topological polar surface area (TPSA) is 55.1 Å². The van der Waals surface area contributed by atoms with Crippen LogP contribution in [0.3, 0.4) is 0 Å². The van der Waals surface area contributed by atoms with Crippen LogP contribution in [0.4, 0.5) is 10.1 Å². The maximum Gasteiger partial charge on any atom is 0.254 e. The first kappa shape index (κ1) is 13.8. The molecule has 1 amide bonds. The molecule has 0 radical (unpaired) electrons. The van der Waals surface area contributed by atoms with Crippen molar-refractivity contribution in [3.8, 4) is 0 Å². The van der Waals surface area contributed by atoms with Gasteiger partial charge in [0.1, 0.15) is 5.82 Å². The summed E-state index contributed by atoms with van der Waals surface area (Å²) in [7, 11) is 0. The zero-order valence-electron chi connectivity index (χ0n) is 11.3. The highest BCUT2D eigenvalue weighted by Gasteiger charge is 2.20. The van der Waals surface area contributed by atoms with Crippen LogP contribution in [0.5, 0.6) is 0 Å². The van der Waals surface area contributed by atoms with Gasteiger partial charge in [0, 0.05) is 12.2 Å². The Balaban J connectivity index is 1.92. The van der Waals surface area contributed by atoms with Crippen molar-refractivity contribution in [1.29, 1.82) is 0 Å². The van der Waals surface area contributed by atoms with Crippen LogP contribution in [-0.2, 0) is 0 Å². The van der Waals surface area contributed by atoms with Crippen LogP contribution >= 0.6 is 0 Å². The number of hydrogen-bond acceptors (Lipinski definition) is 2. The fraction of sp³-hybridized carbons (Fsp3) is 0.533. The summed E-state index contributed by atoms with van der Waals surface area (Å²) >= 11 is 0. The van der Waals surface area contributed by atoms with Gasteiger partial charge in [-0.15, -0.1) is 0 Å². The van der Waals surface area contributed by atoms with E-state index in [0.29, 0.717) is 18.2 Å². The number of nitrogens with two attached hydrogens (primary N) is 1. The quantitative estimate of drug-likeness (QED) is 0.825. The molecule has 0 aliphatic heterocycles. The maximum absolute atomic E-state index is 13.5. The number of anilines is 1. The molecule has 3 N–H and O–H groups in total. The Bertz CT molecular complexity index is 461. The lowest BCUT2D eigenvalue weighted by molar-refractivity contribution is 0.0936. The number of carbonyl (C=O) groups is 1. The van der Waals surface area contributed by atoms with Gasteiger partial charge in [-0.1, -0.05) is 19.8 Å². The molecule has 2 atom stereocenters. The molecule has 1 aromatic carbocycles. The maximum atomic E-state index is 13.5. The predicted molar refractivity (Wildman–Crippen MR) is 74.3 cm³/mol. The number of halogens is 1. The van der Waals surface area contributed by atoms with Crippen molar-refractivity contribution in [3.63, 3.8) is 0 Å². The van der Waals surface area contributed by atoms with Gasteiger partial charge in [-0.05, 0) is 42.9 Å². The molecule has 2 unspecified atom stereocenters. The molecule has 1 saturated carbocycles. The molecule has 1 aliphatic rings. The van der Waals surface area contributed by atoms with Crippen molar-refractivity contribution in [3.05, 3.63) is 29.6 Å². The van der Waals surface area contributed by atoms with Gasteiger partial charge in [-0.25, -0.2) is 4.39 Å². The van der Waals surface area contributed by atoms with Crippen molar-refractivity contribution >= 4 is 11.6 Å². The Morgan fingerprint density at radius 3 is 3.00 bits per heavy atom. The van der Waals surface area contributed by atoms with Crippen LogP contribution in [0.25, 0.3) is 0 Å². The highest BCUT2D eigenvalue weighted by Crippen LogP contribution is 2.28. The number of amides is 1. The van der Waals surface area contributed by atoms with E-state index in [1.807, 2.05) is 0 Å². The van der Waals surface area contributed by atoms with Gasteiger partial charge in [-0.3, -0.25) is 4.79 Å². The molecule has 2 rings (SSSR count). The zero-order chi connectivity index (χ0) is 13.8. The van der Waals surface area contributed by atoms with E-state index >= 15 is 0 Å². The summed E-state index contributed by atoms with van der Waals surface area (Å²) in [5.74, 6) is 0.336. The van der Waals surface area contributed by atoms with Gasteiger partial charge in [-0.2, -0.15) is 0 Å². The van der Waals surface area contributed by atoms with Crippen LogP contribution in [0.2, 0.25) is 0 Å².